The fourth-order valence-electron chi connectivity index (χ4n) is 3.08. The minimum Gasteiger partial charge on any atom is -0.490 e. The summed E-state index contributed by atoms with van der Waals surface area (Å²) in [5.74, 6) is 2.19. The first-order valence-electron chi connectivity index (χ1n) is 7.58. The molecule has 21 heavy (non-hydrogen) atoms. The SMILES string of the molecule is CNC(c1cc2c(cc1Br)OCCCO2)C1OCCC1C. The summed E-state index contributed by atoms with van der Waals surface area (Å²) in [4.78, 5) is 0. The van der Waals surface area contributed by atoms with E-state index >= 15 is 0 Å². The second kappa shape index (κ2) is 6.55. The Labute approximate surface area is 134 Å². The molecule has 1 N–H and O–H groups in total. The molecule has 1 saturated heterocycles. The second-order valence-corrected chi connectivity index (χ2v) is 6.59. The van der Waals surface area contributed by atoms with Gasteiger partial charge in [-0.2, -0.15) is 0 Å². The van der Waals surface area contributed by atoms with E-state index in [1.807, 2.05) is 13.1 Å². The Kier molecular flexibility index (Phi) is 4.72. The molecule has 5 heteroatoms. The van der Waals surface area contributed by atoms with Gasteiger partial charge in [0, 0.05) is 17.5 Å². The molecule has 1 aromatic carbocycles. The van der Waals surface area contributed by atoms with Crippen molar-refractivity contribution in [3.63, 3.8) is 0 Å². The van der Waals surface area contributed by atoms with Crippen molar-refractivity contribution in [3.05, 3.63) is 22.2 Å². The molecule has 0 spiro atoms. The predicted molar refractivity (Wildman–Crippen MR) is 85.1 cm³/mol. The molecule has 2 heterocycles. The van der Waals surface area contributed by atoms with E-state index in [1.165, 1.54) is 5.56 Å². The fraction of sp³-hybridized carbons (Fsp3) is 0.625. The van der Waals surface area contributed by atoms with E-state index in [1.54, 1.807) is 0 Å². The number of hydrogen-bond acceptors (Lipinski definition) is 4. The molecule has 3 unspecified atom stereocenters. The van der Waals surface area contributed by atoms with E-state index in [9.17, 15) is 0 Å². The quantitative estimate of drug-likeness (QED) is 0.902. The highest BCUT2D eigenvalue weighted by molar-refractivity contribution is 9.10. The van der Waals surface area contributed by atoms with Crippen LogP contribution in [0.5, 0.6) is 11.5 Å². The van der Waals surface area contributed by atoms with Crippen molar-refractivity contribution in [1.82, 2.24) is 5.32 Å². The number of benzene rings is 1. The monoisotopic (exact) mass is 355 g/mol. The molecule has 0 aromatic heterocycles. The molecule has 0 saturated carbocycles. The maximum atomic E-state index is 5.94. The van der Waals surface area contributed by atoms with Crippen LogP contribution in [0.2, 0.25) is 0 Å². The summed E-state index contributed by atoms with van der Waals surface area (Å²) in [6.07, 6.45) is 2.22. The third-order valence-electron chi connectivity index (χ3n) is 4.29. The molecule has 4 nitrogen and oxygen atoms in total. The molecule has 2 aliphatic heterocycles. The summed E-state index contributed by atoms with van der Waals surface area (Å²) in [6.45, 7) is 4.50. The number of likely N-dealkylation sites (N-methyl/N-ethyl adjacent to an activating group) is 1. The zero-order valence-corrected chi connectivity index (χ0v) is 14.1. The lowest BCUT2D eigenvalue weighted by Gasteiger charge is -2.27. The standard InChI is InChI=1S/C16H22BrNO3/c1-10-4-7-21-16(10)15(18-2)11-8-13-14(9-12(11)17)20-6-3-5-19-13/h8-10,15-16,18H,3-7H2,1-2H3. The van der Waals surface area contributed by atoms with E-state index in [-0.39, 0.29) is 12.1 Å². The van der Waals surface area contributed by atoms with Crippen LogP contribution in [0.3, 0.4) is 0 Å². The van der Waals surface area contributed by atoms with Crippen molar-refractivity contribution < 1.29 is 14.2 Å². The van der Waals surface area contributed by atoms with Crippen LogP contribution >= 0.6 is 15.9 Å². The molecule has 0 aliphatic carbocycles. The highest BCUT2D eigenvalue weighted by atomic mass is 79.9. The lowest BCUT2D eigenvalue weighted by molar-refractivity contribution is 0.0628. The van der Waals surface area contributed by atoms with Crippen LogP contribution in [0, 0.1) is 5.92 Å². The van der Waals surface area contributed by atoms with Crippen molar-refractivity contribution in [3.8, 4) is 11.5 Å². The zero-order valence-electron chi connectivity index (χ0n) is 12.5. The smallest absolute Gasteiger partial charge is 0.162 e. The van der Waals surface area contributed by atoms with Gasteiger partial charge in [0.05, 0.1) is 25.4 Å². The number of ether oxygens (including phenoxy) is 3. The van der Waals surface area contributed by atoms with Gasteiger partial charge in [-0.05, 0) is 37.1 Å². The summed E-state index contributed by atoms with van der Waals surface area (Å²) in [6, 6.07) is 4.24. The van der Waals surface area contributed by atoms with Gasteiger partial charge in [0.15, 0.2) is 11.5 Å². The van der Waals surface area contributed by atoms with Crippen molar-refractivity contribution in [1.29, 1.82) is 0 Å². The Bertz CT molecular complexity index is 509. The van der Waals surface area contributed by atoms with Crippen LogP contribution in [0.4, 0.5) is 0 Å². The number of fused-ring (bicyclic) bond motifs is 1. The van der Waals surface area contributed by atoms with Crippen molar-refractivity contribution in [2.24, 2.45) is 5.92 Å². The van der Waals surface area contributed by atoms with E-state index in [2.05, 4.69) is 34.2 Å². The molecule has 116 valence electrons. The third-order valence-corrected chi connectivity index (χ3v) is 4.97. The molecule has 1 fully saturated rings. The van der Waals surface area contributed by atoms with E-state index in [0.717, 1.165) is 35.4 Å². The summed E-state index contributed by atoms with van der Waals surface area (Å²) in [7, 11) is 1.98. The number of hydrogen-bond donors (Lipinski definition) is 1. The van der Waals surface area contributed by atoms with Gasteiger partial charge in [0.2, 0.25) is 0 Å². The normalized spacial score (nSPS) is 26.4. The zero-order chi connectivity index (χ0) is 14.8. The number of nitrogens with one attached hydrogen (secondary N) is 1. The molecule has 3 rings (SSSR count). The molecular formula is C16H22BrNO3. The minimum atomic E-state index is 0.147. The Morgan fingerprint density at radius 3 is 2.52 bits per heavy atom. The first kappa shape index (κ1) is 15.1. The Hall–Kier alpha value is -0.780. The number of halogens is 1. The average molecular weight is 356 g/mol. The second-order valence-electron chi connectivity index (χ2n) is 5.74. The van der Waals surface area contributed by atoms with Crippen LogP contribution in [-0.2, 0) is 4.74 Å². The van der Waals surface area contributed by atoms with Crippen molar-refractivity contribution in [2.75, 3.05) is 26.9 Å². The Morgan fingerprint density at radius 2 is 1.90 bits per heavy atom. The topological polar surface area (TPSA) is 39.7 Å². The lowest BCUT2D eigenvalue weighted by atomic mass is 9.92. The van der Waals surface area contributed by atoms with Gasteiger partial charge in [0.1, 0.15) is 0 Å². The lowest BCUT2D eigenvalue weighted by Crippen LogP contribution is -2.32. The van der Waals surface area contributed by atoms with Crippen LogP contribution in [0.25, 0.3) is 0 Å². The maximum Gasteiger partial charge on any atom is 0.162 e. The van der Waals surface area contributed by atoms with Crippen LogP contribution in [0.1, 0.15) is 31.4 Å². The van der Waals surface area contributed by atoms with Crippen LogP contribution in [0.15, 0.2) is 16.6 Å². The van der Waals surface area contributed by atoms with Gasteiger partial charge in [0.25, 0.3) is 0 Å². The van der Waals surface area contributed by atoms with Crippen LogP contribution < -0.4 is 14.8 Å². The third kappa shape index (κ3) is 3.05. The Morgan fingerprint density at radius 1 is 1.19 bits per heavy atom. The molecule has 0 radical (unpaired) electrons. The summed E-state index contributed by atoms with van der Waals surface area (Å²) in [5.41, 5.74) is 1.17. The Balaban J connectivity index is 1.94. The largest absolute Gasteiger partial charge is 0.490 e. The summed E-state index contributed by atoms with van der Waals surface area (Å²) >= 11 is 3.68. The van der Waals surface area contributed by atoms with E-state index in [4.69, 9.17) is 14.2 Å². The fourth-order valence-corrected chi connectivity index (χ4v) is 3.65. The highest BCUT2D eigenvalue weighted by Gasteiger charge is 2.33. The van der Waals surface area contributed by atoms with Crippen LogP contribution in [-0.4, -0.2) is 33.0 Å². The summed E-state index contributed by atoms with van der Waals surface area (Å²) in [5, 5.41) is 3.40. The maximum absolute atomic E-state index is 5.94. The predicted octanol–water partition coefficient (Wildman–Crippen LogP) is 3.30. The highest BCUT2D eigenvalue weighted by Crippen LogP contribution is 2.40. The van der Waals surface area contributed by atoms with Crippen molar-refractivity contribution >= 4 is 15.9 Å². The molecule has 0 amide bonds. The van der Waals surface area contributed by atoms with Gasteiger partial charge < -0.3 is 19.5 Å². The van der Waals surface area contributed by atoms with Gasteiger partial charge in [-0.25, -0.2) is 0 Å². The van der Waals surface area contributed by atoms with Gasteiger partial charge in [-0.1, -0.05) is 22.9 Å². The molecular weight excluding hydrogens is 334 g/mol. The van der Waals surface area contributed by atoms with E-state index in [0.29, 0.717) is 19.1 Å². The molecule has 2 aliphatic rings. The first-order valence-corrected chi connectivity index (χ1v) is 8.38. The first-order chi connectivity index (χ1) is 10.2. The summed E-state index contributed by atoms with van der Waals surface area (Å²) < 4.78 is 18.5. The minimum absolute atomic E-state index is 0.147. The van der Waals surface area contributed by atoms with Gasteiger partial charge in [-0.15, -0.1) is 0 Å². The molecule has 1 aromatic rings. The molecule has 0 bridgehead atoms. The average Bonchev–Trinajstić information content (AvgIpc) is 2.76. The van der Waals surface area contributed by atoms with Gasteiger partial charge in [-0.3, -0.25) is 0 Å². The van der Waals surface area contributed by atoms with Crippen molar-refractivity contribution in [2.45, 2.75) is 31.9 Å². The molecule has 3 atom stereocenters. The van der Waals surface area contributed by atoms with E-state index < -0.39 is 0 Å². The number of rotatable bonds is 3. The van der Waals surface area contributed by atoms with Gasteiger partial charge >= 0.3 is 0 Å².